The van der Waals surface area contributed by atoms with Gasteiger partial charge in [0.15, 0.2) is 0 Å². The maximum atomic E-state index is 12.6. The predicted molar refractivity (Wildman–Crippen MR) is 65.8 cm³/mol. The van der Waals surface area contributed by atoms with Crippen molar-refractivity contribution in [2.75, 3.05) is 0 Å². The molecule has 1 N–H and O–H groups in total. The second-order valence-electron chi connectivity index (χ2n) is 4.43. The van der Waals surface area contributed by atoms with Gasteiger partial charge >= 0.3 is 10.4 Å². The van der Waals surface area contributed by atoms with Gasteiger partial charge in [-0.2, -0.15) is 13.1 Å². The minimum absolute atomic E-state index is 0.254. The molecule has 1 aromatic rings. The lowest BCUT2D eigenvalue weighted by molar-refractivity contribution is 0.0322. The molecule has 0 saturated heterocycles. The summed E-state index contributed by atoms with van der Waals surface area (Å²) < 4.78 is 41.4. The molecule has 1 fully saturated rings. The average molecular weight is 273 g/mol. The van der Waals surface area contributed by atoms with E-state index in [1.807, 2.05) is 35.1 Å². The van der Waals surface area contributed by atoms with Gasteiger partial charge in [-0.05, 0) is 24.8 Å². The normalized spacial score (nSPS) is 24.3. The van der Waals surface area contributed by atoms with Crippen LogP contribution in [0.25, 0.3) is 0 Å². The maximum Gasteiger partial charge on any atom is 0.372 e. The first kappa shape index (κ1) is 13.5. The standard InChI is InChI=1S/C12H16FNO3S/c13-18(15,16)14-11-7-4-8-12(11)17-9-10-5-2-1-3-6-10/h1-3,5-6,11-12,14H,4,7-9H2/t11-,12-/m1/s1. The lowest BCUT2D eigenvalue weighted by Crippen LogP contribution is -2.39. The molecular formula is C12H16FNO3S. The molecule has 0 radical (unpaired) electrons. The Balaban J connectivity index is 1.88. The van der Waals surface area contributed by atoms with E-state index in [1.54, 1.807) is 0 Å². The Kier molecular flexibility index (Phi) is 4.31. The van der Waals surface area contributed by atoms with E-state index >= 15 is 0 Å². The second kappa shape index (κ2) is 5.77. The SMILES string of the molecule is O=S(=O)(F)N[C@@H]1CCC[C@H]1OCc1ccccc1. The van der Waals surface area contributed by atoms with Crippen LogP contribution in [0, 0.1) is 0 Å². The predicted octanol–water partition coefficient (Wildman–Crippen LogP) is 1.93. The first-order valence-corrected chi connectivity index (χ1v) is 7.30. The lowest BCUT2D eigenvalue weighted by Gasteiger charge is -2.19. The molecule has 100 valence electrons. The fourth-order valence-corrected chi connectivity index (χ4v) is 2.85. The third kappa shape index (κ3) is 4.04. The van der Waals surface area contributed by atoms with Crippen molar-refractivity contribution in [3.63, 3.8) is 0 Å². The lowest BCUT2D eigenvalue weighted by atomic mass is 10.2. The number of hydrogen-bond acceptors (Lipinski definition) is 3. The fourth-order valence-electron chi connectivity index (χ4n) is 2.22. The number of benzene rings is 1. The van der Waals surface area contributed by atoms with Crippen LogP contribution in [0.5, 0.6) is 0 Å². The van der Waals surface area contributed by atoms with Gasteiger partial charge in [-0.15, -0.1) is 0 Å². The van der Waals surface area contributed by atoms with Crippen molar-refractivity contribution in [2.45, 2.75) is 38.0 Å². The van der Waals surface area contributed by atoms with Crippen molar-refractivity contribution in [2.24, 2.45) is 0 Å². The van der Waals surface area contributed by atoms with Gasteiger partial charge in [0.25, 0.3) is 0 Å². The van der Waals surface area contributed by atoms with Gasteiger partial charge in [-0.25, -0.2) is 0 Å². The molecule has 0 amide bonds. The van der Waals surface area contributed by atoms with Gasteiger partial charge in [0.1, 0.15) is 0 Å². The number of halogens is 1. The fraction of sp³-hybridized carbons (Fsp3) is 0.500. The smallest absolute Gasteiger partial charge is 0.372 e. The van der Waals surface area contributed by atoms with E-state index in [9.17, 15) is 12.3 Å². The van der Waals surface area contributed by atoms with E-state index < -0.39 is 16.5 Å². The number of rotatable bonds is 5. The minimum Gasteiger partial charge on any atom is -0.372 e. The summed E-state index contributed by atoms with van der Waals surface area (Å²) in [4.78, 5) is 0. The van der Waals surface area contributed by atoms with Crippen LogP contribution in [0.3, 0.4) is 0 Å². The molecule has 1 aliphatic rings. The van der Waals surface area contributed by atoms with Gasteiger partial charge in [0, 0.05) is 0 Å². The molecule has 4 nitrogen and oxygen atoms in total. The van der Waals surface area contributed by atoms with Gasteiger partial charge in [0.2, 0.25) is 0 Å². The van der Waals surface area contributed by atoms with E-state index in [0.29, 0.717) is 13.0 Å². The van der Waals surface area contributed by atoms with Crippen LogP contribution in [-0.2, 0) is 21.8 Å². The first-order chi connectivity index (χ1) is 8.54. The molecule has 2 atom stereocenters. The summed E-state index contributed by atoms with van der Waals surface area (Å²) in [5, 5.41) is 0. The zero-order chi connectivity index (χ0) is 13.0. The number of nitrogens with one attached hydrogen (secondary N) is 1. The maximum absolute atomic E-state index is 12.6. The summed E-state index contributed by atoms with van der Waals surface area (Å²) in [6, 6.07) is 9.15. The molecule has 2 rings (SSSR count). The zero-order valence-corrected chi connectivity index (χ0v) is 10.7. The van der Waals surface area contributed by atoms with Crippen LogP contribution in [-0.4, -0.2) is 20.6 Å². The molecule has 0 bridgehead atoms. The Morgan fingerprint density at radius 2 is 2.00 bits per heavy atom. The molecule has 6 heteroatoms. The summed E-state index contributed by atoms with van der Waals surface area (Å²) in [6.07, 6.45) is 1.95. The van der Waals surface area contributed by atoms with E-state index in [2.05, 4.69) is 0 Å². The third-order valence-corrected chi connectivity index (χ3v) is 3.64. The number of ether oxygens (including phenoxy) is 1. The number of hydrogen-bond donors (Lipinski definition) is 1. The van der Waals surface area contributed by atoms with E-state index in [-0.39, 0.29) is 6.10 Å². The van der Waals surface area contributed by atoms with E-state index in [1.165, 1.54) is 0 Å². The molecule has 1 aliphatic carbocycles. The summed E-state index contributed by atoms with van der Waals surface area (Å²) in [6.45, 7) is 0.413. The Labute approximate surface area is 107 Å². The van der Waals surface area contributed by atoms with Crippen LogP contribution < -0.4 is 4.72 Å². The van der Waals surface area contributed by atoms with Crippen LogP contribution in [0.4, 0.5) is 3.89 Å². The van der Waals surface area contributed by atoms with Crippen LogP contribution in [0.15, 0.2) is 30.3 Å². The van der Waals surface area contributed by atoms with E-state index in [0.717, 1.165) is 18.4 Å². The molecule has 0 aromatic heterocycles. The summed E-state index contributed by atoms with van der Waals surface area (Å²) in [5.74, 6) is 0. The van der Waals surface area contributed by atoms with E-state index in [4.69, 9.17) is 4.74 Å². The average Bonchev–Trinajstić information content (AvgIpc) is 2.73. The van der Waals surface area contributed by atoms with Crippen molar-refractivity contribution in [3.05, 3.63) is 35.9 Å². The highest BCUT2D eigenvalue weighted by atomic mass is 32.3. The second-order valence-corrected chi connectivity index (χ2v) is 5.54. The minimum atomic E-state index is -4.65. The largest absolute Gasteiger partial charge is 0.372 e. The quantitative estimate of drug-likeness (QED) is 0.834. The van der Waals surface area contributed by atoms with Crippen molar-refractivity contribution in [1.29, 1.82) is 0 Å². The van der Waals surface area contributed by atoms with Gasteiger partial charge in [0.05, 0.1) is 18.8 Å². The zero-order valence-electron chi connectivity index (χ0n) is 9.88. The van der Waals surface area contributed by atoms with Crippen molar-refractivity contribution < 1.29 is 17.0 Å². The Morgan fingerprint density at radius 3 is 2.67 bits per heavy atom. The highest BCUT2D eigenvalue weighted by Crippen LogP contribution is 2.24. The van der Waals surface area contributed by atoms with Crippen molar-refractivity contribution >= 4 is 10.4 Å². The summed E-state index contributed by atoms with van der Waals surface area (Å²) in [7, 11) is -4.65. The Bertz CT molecular complexity index is 477. The molecule has 0 spiro atoms. The van der Waals surface area contributed by atoms with Crippen LogP contribution in [0.1, 0.15) is 24.8 Å². The molecule has 18 heavy (non-hydrogen) atoms. The Hall–Kier alpha value is -0.980. The molecule has 0 unspecified atom stereocenters. The monoisotopic (exact) mass is 273 g/mol. The molecule has 1 saturated carbocycles. The first-order valence-electron chi connectivity index (χ1n) is 5.92. The topological polar surface area (TPSA) is 55.4 Å². The summed E-state index contributed by atoms with van der Waals surface area (Å²) >= 11 is 0. The van der Waals surface area contributed by atoms with Crippen LogP contribution >= 0.6 is 0 Å². The third-order valence-electron chi connectivity index (χ3n) is 3.05. The molecule has 0 aliphatic heterocycles. The molecule has 0 heterocycles. The Morgan fingerprint density at radius 1 is 1.28 bits per heavy atom. The molecular weight excluding hydrogens is 257 g/mol. The van der Waals surface area contributed by atoms with Gasteiger partial charge in [-0.3, -0.25) is 0 Å². The highest BCUT2D eigenvalue weighted by Gasteiger charge is 2.31. The summed E-state index contributed by atoms with van der Waals surface area (Å²) in [5.41, 5.74) is 1.02. The van der Waals surface area contributed by atoms with Crippen molar-refractivity contribution in [1.82, 2.24) is 4.72 Å². The van der Waals surface area contributed by atoms with Crippen LogP contribution in [0.2, 0.25) is 0 Å². The van der Waals surface area contributed by atoms with Crippen molar-refractivity contribution in [3.8, 4) is 0 Å². The highest BCUT2D eigenvalue weighted by molar-refractivity contribution is 7.84. The van der Waals surface area contributed by atoms with Gasteiger partial charge in [-0.1, -0.05) is 34.2 Å². The molecule has 1 aromatic carbocycles. The van der Waals surface area contributed by atoms with Gasteiger partial charge < -0.3 is 4.74 Å².